The van der Waals surface area contributed by atoms with Crippen molar-refractivity contribution < 1.29 is 13.2 Å². The molecule has 0 fully saturated rings. The van der Waals surface area contributed by atoms with Crippen LogP contribution in [-0.4, -0.2) is 27.1 Å². The monoisotopic (exact) mass is 524 g/mol. The molecule has 0 heterocycles. The highest BCUT2D eigenvalue weighted by Gasteiger charge is 2.18. The van der Waals surface area contributed by atoms with Gasteiger partial charge < -0.3 is 5.32 Å². The van der Waals surface area contributed by atoms with Gasteiger partial charge in [0.1, 0.15) is 0 Å². The Labute approximate surface area is 186 Å². The van der Waals surface area contributed by atoms with Crippen LogP contribution in [0, 0.1) is 3.57 Å². The molecule has 1 amide bonds. The Balaban J connectivity index is 1.67. The summed E-state index contributed by atoms with van der Waals surface area (Å²) in [6.45, 7) is 0.809. The molecule has 7 heteroatoms. The summed E-state index contributed by atoms with van der Waals surface area (Å²) in [4.78, 5) is 12.4. The number of rotatable bonds is 7. The van der Waals surface area contributed by atoms with Crippen LogP contribution >= 0.6 is 22.6 Å². The summed E-state index contributed by atoms with van der Waals surface area (Å²) in [5.41, 5.74) is 3.31. The van der Waals surface area contributed by atoms with Crippen LogP contribution in [0.15, 0.2) is 60.2 Å². The lowest BCUT2D eigenvalue weighted by Crippen LogP contribution is -2.29. The SMILES string of the molecule is CS(=O)(=O)N(Cc1ccc(C(=O)NCC2=CCCCC2)cc1)c1ccc(I)cc1. The predicted octanol–water partition coefficient (Wildman–Crippen LogP) is 4.49. The molecule has 0 saturated carbocycles. The quantitative estimate of drug-likeness (QED) is 0.429. The fourth-order valence-corrected chi connectivity index (χ4v) is 4.54. The number of carbonyl (C=O) groups is 1. The van der Waals surface area contributed by atoms with Crippen molar-refractivity contribution in [1.82, 2.24) is 5.32 Å². The average Bonchev–Trinajstić information content (AvgIpc) is 2.71. The fourth-order valence-electron chi connectivity index (χ4n) is 3.30. The van der Waals surface area contributed by atoms with Gasteiger partial charge in [-0.05, 0) is 90.2 Å². The first-order valence-electron chi connectivity index (χ1n) is 9.61. The van der Waals surface area contributed by atoms with Crippen molar-refractivity contribution in [3.63, 3.8) is 0 Å². The van der Waals surface area contributed by atoms with Crippen LogP contribution in [0.1, 0.15) is 41.6 Å². The van der Waals surface area contributed by atoms with Gasteiger partial charge in [0.15, 0.2) is 0 Å². The maximum Gasteiger partial charge on any atom is 0.251 e. The van der Waals surface area contributed by atoms with Gasteiger partial charge in [-0.1, -0.05) is 23.8 Å². The largest absolute Gasteiger partial charge is 0.348 e. The summed E-state index contributed by atoms with van der Waals surface area (Å²) in [6.07, 6.45) is 7.99. The molecule has 0 saturated heterocycles. The zero-order valence-corrected chi connectivity index (χ0v) is 19.4. The number of hydrogen-bond acceptors (Lipinski definition) is 3. The van der Waals surface area contributed by atoms with Crippen molar-refractivity contribution in [2.75, 3.05) is 17.1 Å². The Morgan fingerprint density at radius 1 is 1.07 bits per heavy atom. The molecule has 0 bridgehead atoms. The van der Waals surface area contributed by atoms with Gasteiger partial charge in [0.25, 0.3) is 5.91 Å². The standard InChI is InChI=1S/C22H25IN2O3S/c1-29(27,28)25(21-13-11-20(23)12-14-21)16-18-7-9-19(10-8-18)22(26)24-15-17-5-3-2-4-6-17/h5,7-14H,2-4,6,15-16H2,1H3,(H,24,26). The van der Waals surface area contributed by atoms with Gasteiger partial charge in [-0.2, -0.15) is 0 Å². The molecule has 2 aromatic carbocycles. The third-order valence-corrected chi connectivity index (χ3v) is 6.78. The molecule has 2 aromatic rings. The van der Waals surface area contributed by atoms with Crippen LogP contribution in [0.25, 0.3) is 0 Å². The van der Waals surface area contributed by atoms with Gasteiger partial charge in [-0.3, -0.25) is 9.10 Å². The van der Waals surface area contributed by atoms with Crippen molar-refractivity contribution in [1.29, 1.82) is 0 Å². The number of anilines is 1. The minimum Gasteiger partial charge on any atom is -0.348 e. The Bertz CT molecular complexity index is 984. The Morgan fingerprint density at radius 2 is 1.76 bits per heavy atom. The number of hydrogen-bond donors (Lipinski definition) is 1. The maximum atomic E-state index is 12.4. The third kappa shape index (κ3) is 6.30. The molecular weight excluding hydrogens is 499 g/mol. The highest BCUT2D eigenvalue weighted by Crippen LogP contribution is 2.22. The lowest BCUT2D eigenvalue weighted by Gasteiger charge is -2.22. The van der Waals surface area contributed by atoms with Gasteiger partial charge in [0, 0.05) is 15.7 Å². The first kappa shape index (κ1) is 21.8. The van der Waals surface area contributed by atoms with Crippen LogP contribution < -0.4 is 9.62 Å². The van der Waals surface area contributed by atoms with E-state index in [2.05, 4.69) is 34.0 Å². The van der Waals surface area contributed by atoms with E-state index in [4.69, 9.17) is 0 Å². The van der Waals surface area contributed by atoms with E-state index in [1.165, 1.54) is 29.0 Å². The topological polar surface area (TPSA) is 66.5 Å². The van der Waals surface area contributed by atoms with Gasteiger partial charge in [0.2, 0.25) is 10.0 Å². The van der Waals surface area contributed by atoms with E-state index in [1.807, 2.05) is 12.1 Å². The lowest BCUT2D eigenvalue weighted by molar-refractivity contribution is 0.0956. The molecule has 1 N–H and O–H groups in total. The van der Waals surface area contributed by atoms with Gasteiger partial charge in [-0.25, -0.2) is 8.42 Å². The smallest absolute Gasteiger partial charge is 0.251 e. The summed E-state index contributed by atoms with van der Waals surface area (Å²) in [5, 5.41) is 2.97. The van der Waals surface area contributed by atoms with Crippen molar-refractivity contribution in [2.24, 2.45) is 0 Å². The number of amides is 1. The average molecular weight is 524 g/mol. The molecule has 154 valence electrons. The Kier molecular flexibility index (Phi) is 7.34. The summed E-state index contributed by atoms with van der Waals surface area (Å²) < 4.78 is 27.0. The second-order valence-electron chi connectivity index (χ2n) is 7.23. The van der Waals surface area contributed by atoms with E-state index in [-0.39, 0.29) is 12.5 Å². The second-order valence-corrected chi connectivity index (χ2v) is 10.4. The fraction of sp³-hybridized carbons (Fsp3) is 0.318. The van der Waals surface area contributed by atoms with Crippen LogP contribution in [0.3, 0.4) is 0 Å². The summed E-state index contributed by atoms with van der Waals surface area (Å²) in [6, 6.07) is 14.4. The maximum absolute atomic E-state index is 12.4. The van der Waals surface area contributed by atoms with Crippen molar-refractivity contribution >= 4 is 44.2 Å². The summed E-state index contributed by atoms with van der Waals surface area (Å²) >= 11 is 2.19. The first-order chi connectivity index (χ1) is 13.8. The van der Waals surface area contributed by atoms with Crippen LogP contribution in [-0.2, 0) is 16.6 Å². The molecule has 0 atom stereocenters. The first-order valence-corrected chi connectivity index (χ1v) is 12.5. The molecule has 0 unspecified atom stereocenters. The van der Waals surface area contributed by atoms with Crippen molar-refractivity contribution in [3.05, 3.63) is 74.9 Å². The molecule has 1 aliphatic carbocycles. The second kappa shape index (κ2) is 9.75. The zero-order chi connectivity index (χ0) is 20.9. The zero-order valence-electron chi connectivity index (χ0n) is 16.4. The van der Waals surface area contributed by atoms with E-state index >= 15 is 0 Å². The minimum absolute atomic E-state index is 0.111. The Hall–Kier alpha value is -1.87. The molecule has 3 rings (SSSR count). The third-order valence-electron chi connectivity index (χ3n) is 4.92. The van der Waals surface area contributed by atoms with Crippen molar-refractivity contribution in [3.8, 4) is 0 Å². The lowest BCUT2D eigenvalue weighted by atomic mass is 9.99. The van der Waals surface area contributed by atoms with Crippen molar-refractivity contribution in [2.45, 2.75) is 32.2 Å². The van der Waals surface area contributed by atoms with Gasteiger partial charge >= 0.3 is 0 Å². The van der Waals surface area contributed by atoms with Crippen LogP contribution in [0.5, 0.6) is 0 Å². The van der Waals surface area contributed by atoms with Crippen LogP contribution in [0.2, 0.25) is 0 Å². The van der Waals surface area contributed by atoms with Crippen LogP contribution in [0.4, 0.5) is 5.69 Å². The van der Waals surface area contributed by atoms with Gasteiger partial charge in [0.05, 0.1) is 18.5 Å². The summed E-state index contributed by atoms with van der Waals surface area (Å²) in [5.74, 6) is -0.111. The molecule has 0 aromatic heterocycles. The number of carbonyl (C=O) groups excluding carboxylic acids is 1. The minimum atomic E-state index is -3.43. The Morgan fingerprint density at radius 3 is 2.34 bits per heavy atom. The highest BCUT2D eigenvalue weighted by atomic mass is 127. The van der Waals surface area contributed by atoms with E-state index < -0.39 is 10.0 Å². The number of benzene rings is 2. The molecule has 1 aliphatic rings. The molecular formula is C22H25IN2O3S. The predicted molar refractivity (Wildman–Crippen MR) is 126 cm³/mol. The summed E-state index contributed by atoms with van der Waals surface area (Å²) in [7, 11) is -3.43. The van der Waals surface area contributed by atoms with E-state index in [9.17, 15) is 13.2 Å². The number of halogens is 1. The molecule has 0 spiro atoms. The number of nitrogens with zero attached hydrogens (tertiary/aromatic N) is 1. The van der Waals surface area contributed by atoms with E-state index in [0.29, 0.717) is 17.8 Å². The molecule has 5 nitrogen and oxygen atoms in total. The van der Waals surface area contributed by atoms with E-state index in [0.717, 1.165) is 22.0 Å². The number of allylic oxidation sites excluding steroid dienone is 1. The molecule has 29 heavy (non-hydrogen) atoms. The normalized spacial score (nSPS) is 14.2. The molecule has 0 radical (unpaired) electrons. The van der Waals surface area contributed by atoms with Gasteiger partial charge in [-0.15, -0.1) is 0 Å². The van der Waals surface area contributed by atoms with E-state index in [1.54, 1.807) is 36.4 Å². The number of nitrogens with one attached hydrogen (secondary N) is 1. The number of sulfonamides is 1. The molecule has 0 aliphatic heterocycles. The highest BCUT2D eigenvalue weighted by molar-refractivity contribution is 14.1.